The fourth-order valence-corrected chi connectivity index (χ4v) is 2.07. The summed E-state index contributed by atoms with van der Waals surface area (Å²) in [4.78, 5) is 11.7. The topological polar surface area (TPSA) is 47.6 Å². The van der Waals surface area contributed by atoms with Crippen LogP contribution in [0.25, 0.3) is 0 Å². The summed E-state index contributed by atoms with van der Waals surface area (Å²) in [5, 5.41) is 2.79. The summed E-state index contributed by atoms with van der Waals surface area (Å²) in [7, 11) is 0. The zero-order chi connectivity index (χ0) is 16.7. The largest absolute Gasteiger partial charge is 0.492 e. The van der Waals surface area contributed by atoms with Gasteiger partial charge >= 0.3 is 0 Å². The lowest BCUT2D eigenvalue weighted by Gasteiger charge is -2.10. The summed E-state index contributed by atoms with van der Waals surface area (Å²) in [6, 6.07) is 11.4. The molecule has 0 unspecified atom stereocenters. The number of carbonyl (C=O) groups is 1. The molecule has 2 rings (SSSR count). The van der Waals surface area contributed by atoms with Gasteiger partial charge in [-0.05, 0) is 42.8 Å². The molecule has 0 saturated heterocycles. The number of ether oxygens (including phenoxy) is 2. The van der Waals surface area contributed by atoms with E-state index in [1.807, 2.05) is 31.2 Å². The molecular weight excluding hydrogens is 321 g/mol. The second-order valence-electron chi connectivity index (χ2n) is 4.88. The van der Waals surface area contributed by atoms with Gasteiger partial charge in [-0.25, -0.2) is 4.39 Å². The second kappa shape index (κ2) is 8.39. The van der Waals surface area contributed by atoms with Gasteiger partial charge < -0.3 is 14.8 Å². The van der Waals surface area contributed by atoms with Crippen LogP contribution >= 0.6 is 11.6 Å². The van der Waals surface area contributed by atoms with Crippen molar-refractivity contribution in [2.75, 3.05) is 19.8 Å². The van der Waals surface area contributed by atoms with Gasteiger partial charge in [-0.2, -0.15) is 0 Å². The number of hydrogen-bond donors (Lipinski definition) is 1. The first kappa shape index (κ1) is 17.1. The molecule has 0 radical (unpaired) electrons. The van der Waals surface area contributed by atoms with E-state index in [4.69, 9.17) is 21.1 Å². The molecule has 0 atom stereocenters. The molecule has 0 spiro atoms. The lowest BCUT2D eigenvalue weighted by molar-refractivity contribution is -0.123. The van der Waals surface area contributed by atoms with Gasteiger partial charge in [-0.3, -0.25) is 4.79 Å². The van der Waals surface area contributed by atoms with E-state index >= 15 is 0 Å². The summed E-state index contributed by atoms with van der Waals surface area (Å²) < 4.78 is 23.6. The van der Waals surface area contributed by atoms with Crippen LogP contribution in [0, 0.1) is 12.7 Å². The Bertz CT molecular complexity index is 679. The van der Waals surface area contributed by atoms with Crippen molar-refractivity contribution in [3.05, 3.63) is 58.9 Å². The zero-order valence-corrected chi connectivity index (χ0v) is 13.4. The third kappa shape index (κ3) is 5.79. The molecule has 0 aliphatic heterocycles. The van der Waals surface area contributed by atoms with E-state index < -0.39 is 5.82 Å². The minimum atomic E-state index is -0.458. The molecule has 2 aromatic rings. The van der Waals surface area contributed by atoms with Gasteiger partial charge in [0.1, 0.15) is 23.9 Å². The first-order valence-electron chi connectivity index (χ1n) is 7.08. The number of benzene rings is 2. The van der Waals surface area contributed by atoms with Crippen LogP contribution in [0.4, 0.5) is 4.39 Å². The van der Waals surface area contributed by atoms with E-state index in [2.05, 4.69) is 5.32 Å². The maximum atomic E-state index is 12.9. The number of aryl methyl sites for hydroxylation is 1. The van der Waals surface area contributed by atoms with E-state index in [9.17, 15) is 9.18 Å². The predicted molar refractivity (Wildman–Crippen MR) is 86.6 cm³/mol. The van der Waals surface area contributed by atoms with Crippen molar-refractivity contribution in [3.8, 4) is 11.5 Å². The number of carbonyl (C=O) groups excluding carboxylic acids is 1. The summed E-state index contributed by atoms with van der Waals surface area (Å²) in [5.41, 5.74) is 1.11. The van der Waals surface area contributed by atoms with Crippen molar-refractivity contribution in [3.63, 3.8) is 0 Å². The van der Waals surface area contributed by atoms with Gasteiger partial charge in [0, 0.05) is 0 Å². The quantitative estimate of drug-likeness (QED) is 0.788. The Balaban J connectivity index is 1.67. The van der Waals surface area contributed by atoms with E-state index in [0.717, 1.165) is 17.4 Å². The molecule has 0 heterocycles. The van der Waals surface area contributed by atoms with Crippen LogP contribution in [-0.4, -0.2) is 25.7 Å². The van der Waals surface area contributed by atoms with E-state index in [1.165, 1.54) is 12.1 Å². The zero-order valence-electron chi connectivity index (χ0n) is 12.6. The van der Waals surface area contributed by atoms with Gasteiger partial charge in [-0.15, -0.1) is 0 Å². The Labute approximate surface area is 139 Å². The van der Waals surface area contributed by atoms with Crippen LogP contribution in [-0.2, 0) is 4.79 Å². The maximum absolute atomic E-state index is 12.9. The van der Waals surface area contributed by atoms with Crippen molar-refractivity contribution in [1.82, 2.24) is 5.32 Å². The number of nitrogens with one attached hydrogen (secondary N) is 1. The highest BCUT2D eigenvalue weighted by atomic mass is 35.5. The number of amides is 1. The molecule has 2 aromatic carbocycles. The smallest absolute Gasteiger partial charge is 0.258 e. The van der Waals surface area contributed by atoms with Gasteiger partial charge in [0.05, 0.1) is 11.6 Å². The molecule has 6 heteroatoms. The van der Waals surface area contributed by atoms with E-state index in [0.29, 0.717) is 13.2 Å². The normalized spacial score (nSPS) is 10.2. The van der Waals surface area contributed by atoms with Crippen molar-refractivity contribution >= 4 is 17.5 Å². The Morgan fingerprint density at radius 3 is 2.78 bits per heavy atom. The Kier molecular flexibility index (Phi) is 6.23. The molecule has 0 aliphatic carbocycles. The van der Waals surface area contributed by atoms with Crippen molar-refractivity contribution in [1.29, 1.82) is 0 Å². The SMILES string of the molecule is Cc1cccc(OCCNC(=O)COc2ccc(F)cc2Cl)c1. The second-order valence-corrected chi connectivity index (χ2v) is 5.29. The van der Waals surface area contributed by atoms with Crippen molar-refractivity contribution in [2.24, 2.45) is 0 Å². The minimum absolute atomic E-state index is 0.126. The molecule has 0 fully saturated rings. The van der Waals surface area contributed by atoms with Crippen molar-refractivity contribution < 1.29 is 18.7 Å². The van der Waals surface area contributed by atoms with Crippen molar-refractivity contribution in [2.45, 2.75) is 6.92 Å². The highest BCUT2D eigenvalue weighted by molar-refractivity contribution is 6.32. The Morgan fingerprint density at radius 2 is 2.04 bits per heavy atom. The maximum Gasteiger partial charge on any atom is 0.258 e. The summed E-state index contributed by atoms with van der Waals surface area (Å²) in [6.07, 6.45) is 0. The van der Waals surface area contributed by atoms with Crippen LogP contribution in [0.3, 0.4) is 0 Å². The lowest BCUT2D eigenvalue weighted by Crippen LogP contribution is -2.32. The molecule has 4 nitrogen and oxygen atoms in total. The van der Waals surface area contributed by atoms with Gasteiger partial charge in [0.2, 0.25) is 0 Å². The Morgan fingerprint density at radius 1 is 1.22 bits per heavy atom. The third-order valence-corrected chi connectivity index (χ3v) is 3.23. The molecule has 1 amide bonds. The average Bonchev–Trinajstić information content (AvgIpc) is 2.51. The Hall–Kier alpha value is -2.27. The molecule has 0 aliphatic rings. The number of rotatable bonds is 7. The fourth-order valence-electron chi connectivity index (χ4n) is 1.85. The van der Waals surface area contributed by atoms with Gasteiger partial charge in [0.15, 0.2) is 6.61 Å². The highest BCUT2D eigenvalue weighted by Gasteiger charge is 2.06. The molecular formula is C17H17ClFNO3. The molecule has 1 N–H and O–H groups in total. The van der Waals surface area contributed by atoms with Crippen LogP contribution in [0.1, 0.15) is 5.56 Å². The summed E-state index contributed by atoms with van der Waals surface area (Å²) >= 11 is 5.80. The predicted octanol–water partition coefficient (Wildman–Crippen LogP) is 3.36. The molecule has 23 heavy (non-hydrogen) atoms. The standard InChI is InChI=1S/C17H17ClFNO3/c1-12-3-2-4-14(9-12)22-8-7-20-17(21)11-23-16-6-5-13(19)10-15(16)18/h2-6,9-10H,7-8,11H2,1H3,(H,20,21). The van der Waals surface area contributed by atoms with Gasteiger partial charge in [0.25, 0.3) is 5.91 Å². The third-order valence-electron chi connectivity index (χ3n) is 2.94. The first-order valence-corrected chi connectivity index (χ1v) is 7.46. The summed E-state index contributed by atoms with van der Waals surface area (Å²) in [5.74, 6) is 0.256. The fraction of sp³-hybridized carbons (Fsp3) is 0.235. The number of halogens is 2. The molecule has 0 bridgehead atoms. The van der Waals surface area contributed by atoms with Gasteiger partial charge in [-0.1, -0.05) is 23.7 Å². The van der Waals surface area contributed by atoms with Crippen LogP contribution < -0.4 is 14.8 Å². The van der Waals surface area contributed by atoms with Crippen LogP contribution in [0.15, 0.2) is 42.5 Å². The van der Waals surface area contributed by atoms with E-state index in [1.54, 1.807) is 0 Å². The monoisotopic (exact) mass is 337 g/mol. The highest BCUT2D eigenvalue weighted by Crippen LogP contribution is 2.24. The lowest BCUT2D eigenvalue weighted by atomic mass is 10.2. The summed E-state index contributed by atoms with van der Waals surface area (Å²) in [6.45, 7) is 2.49. The average molecular weight is 338 g/mol. The van der Waals surface area contributed by atoms with E-state index in [-0.39, 0.29) is 23.3 Å². The first-order chi connectivity index (χ1) is 11.0. The number of hydrogen-bond acceptors (Lipinski definition) is 3. The van der Waals surface area contributed by atoms with Crippen LogP contribution in [0.5, 0.6) is 11.5 Å². The molecule has 0 saturated carbocycles. The van der Waals surface area contributed by atoms with Crippen LogP contribution in [0.2, 0.25) is 5.02 Å². The minimum Gasteiger partial charge on any atom is -0.492 e. The molecule has 122 valence electrons. The molecule has 0 aromatic heterocycles.